The summed E-state index contributed by atoms with van der Waals surface area (Å²) in [4.78, 5) is 27.4. The Morgan fingerprint density at radius 3 is 2.18 bits per heavy atom. The second kappa shape index (κ2) is 10.8. The summed E-state index contributed by atoms with van der Waals surface area (Å²) < 4.78 is 1.81. The molecule has 33 heavy (non-hydrogen) atoms. The number of anilines is 2. The smallest absolute Gasteiger partial charge is 0.315 e. The molecule has 0 saturated carbocycles. The zero-order valence-corrected chi connectivity index (χ0v) is 22.1. The topological polar surface area (TPSA) is 79.3 Å². The number of amides is 3. The molecule has 0 unspecified atom stereocenters. The zero-order chi connectivity index (χ0) is 25.0. The molecule has 1 aromatic carbocycles. The van der Waals surface area contributed by atoms with Gasteiger partial charge in [0.2, 0.25) is 5.91 Å². The normalized spacial score (nSPS) is 11.9. The molecule has 7 nitrogen and oxygen atoms in total. The maximum atomic E-state index is 13.0. The molecule has 1 aromatic heterocycles. The van der Waals surface area contributed by atoms with Gasteiger partial charge in [0, 0.05) is 18.0 Å². The minimum absolute atomic E-state index is 0.117. The molecule has 2 aromatic rings. The van der Waals surface area contributed by atoms with Gasteiger partial charge in [0.15, 0.2) is 0 Å². The molecule has 182 valence electrons. The van der Waals surface area contributed by atoms with E-state index in [1.807, 2.05) is 38.4 Å². The van der Waals surface area contributed by atoms with E-state index in [0.717, 1.165) is 18.5 Å². The molecule has 0 saturated heterocycles. The minimum Gasteiger partial charge on any atom is -0.315 e. The van der Waals surface area contributed by atoms with Crippen molar-refractivity contribution in [2.45, 2.75) is 72.3 Å². The number of unbranched alkanes of at least 4 members (excludes halogenated alkanes) is 1. The van der Waals surface area contributed by atoms with Crippen molar-refractivity contribution in [1.29, 1.82) is 0 Å². The summed E-state index contributed by atoms with van der Waals surface area (Å²) in [6, 6.07) is 6.45. The fourth-order valence-corrected chi connectivity index (χ4v) is 3.60. The molecule has 2 rings (SSSR count). The van der Waals surface area contributed by atoms with Gasteiger partial charge >= 0.3 is 6.03 Å². The van der Waals surface area contributed by atoms with E-state index < -0.39 is 6.03 Å². The first-order valence-corrected chi connectivity index (χ1v) is 11.9. The maximum Gasteiger partial charge on any atom is 0.322 e. The summed E-state index contributed by atoms with van der Waals surface area (Å²) in [6.45, 7) is 14.6. The molecule has 0 aliphatic heterocycles. The second-order valence-electron chi connectivity index (χ2n) is 10.1. The summed E-state index contributed by atoms with van der Waals surface area (Å²) in [6.07, 6.45) is 1.63. The predicted molar refractivity (Wildman–Crippen MR) is 137 cm³/mol. The molecular weight excluding hydrogens is 461 g/mol. The van der Waals surface area contributed by atoms with Crippen LogP contribution in [-0.4, -0.2) is 39.7 Å². The standard InChI is InChI=1S/C24H35Cl2N5O2/c1-8-9-13-30(22(33)28-21-16(25)11-10-12-17(21)26)15-20(32)27-19-14-18(23(2,3)4)29-31(19)24(5,6)7/h10-12,14H,8-9,13,15H2,1-7H3,(H,27,32)(H,28,33). The van der Waals surface area contributed by atoms with Gasteiger partial charge in [0.25, 0.3) is 0 Å². The Kier molecular flexibility index (Phi) is 8.82. The first-order chi connectivity index (χ1) is 15.2. The lowest BCUT2D eigenvalue weighted by molar-refractivity contribution is -0.116. The van der Waals surface area contributed by atoms with E-state index in [1.165, 1.54) is 4.90 Å². The molecule has 0 bridgehead atoms. The van der Waals surface area contributed by atoms with Gasteiger partial charge in [-0.25, -0.2) is 9.48 Å². The number of urea groups is 1. The number of rotatable bonds is 7. The van der Waals surface area contributed by atoms with Gasteiger partial charge in [-0.15, -0.1) is 0 Å². The van der Waals surface area contributed by atoms with E-state index in [0.29, 0.717) is 28.1 Å². The van der Waals surface area contributed by atoms with Crippen molar-refractivity contribution in [3.05, 3.63) is 40.0 Å². The fraction of sp³-hybridized carbons (Fsp3) is 0.542. The van der Waals surface area contributed by atoms with E-state index in [-0.39, 0.29) is 23.4 Å². The van der Waals surface area contributed by atoms with Crippen molar-refractivity contribution in [3.63, 3.8) is 0 Å². The number of para-hydroxylation sites is 1. The second-order valence-corrected chi connectivity index (χ2v) is 10.9. The van der Waals surface area contributed by atoms with Gasteiger partial charge in [0.1, 0.15) is 12.4 Å². The Morgan fingerprint density at radius 1 is 1.06 bits per heavy atom. The molecule has 0 radical (unpaired) electrons. The summed E-state index contributed by atoms with van der Waals surface area (Å²) in [5.74, 6) is 0.291. The van der Waals surface area contributed by atoms with Crippen molar-refractivity contribution in [3.8, 4) is 0 Å². The number of carbonyl (C=O) groups is 2. The lowest BCUT2D eigenvalue weighted by Crippen LogP contribution is -2.41. The van der Waals surface area contributed by atoms with Crippen LogP contribution in [-0.2, 0) is 15.7 Å². The fourth-order valence-electron chi connectivity index (χ4n) is 3.11. The average molecular weight is 496 g/mol. The molecular formula is C24H35Cl2N5O2. The van der Waals surface area contributed by atoms with Gasteiger partial charge in [-0.2, -0.15) is 5.10 Å². The number of carbonyl (C=O) groups excluding carboxylic acids is 2. The van der Waals surface area contributed by atoms with Crippen molar-refractivity contribution < 1.29 is 9.59 Å². The predicted octanol–water partition coefficient (Wildman–Crippen LogP) is 6.52. The van der Waals surface area contributed by atoms with Crippen LogP contribution in [0.25, 0.3) is 0 Å². The zero-order valence-electron chi connectivity index (χ0n) is 20.6. The van der Waals surface area contributed by atoms with Crippen molar-refractivity contribution in [1.82, 2.24) is 14.7 Å². The third kappa shape index (κ3) is 7.37. The van der Waals surface area contributed by atoms with Crippen LogP contribution in [0.1, 0.15) is 67.0 Å². The number of hydrogen-bond acceptors (Lipinski definition) is 3. The highest BCUT2D eigenvalue weighted by molar-refractivity contribution is 6.39. The SMILES string of the molecule is CCCCN(CC(=O)Nc1cc(C(C)(C)C)nn1C(C)(C)C)C(=O)Nc1c(Cl)cccc1Cl. The Bertz CT molecular complexity index is 969. The first kappa shape index (κ1) is 27.0. The van der Waals surface area contributed by atoms with Crippen LogP contribution in [0.5, 0.6) is 0 Å². The first-order valence-electron chi connectivity index (χ1n) is 11.1. The average Bonchev–Trinajstić information content (AvgIpc) is 3.12. The van der Waals surface area contributed by atoms with Crippen LogP contribution in [0, 0.1) is 0 Å². The highest BCUT2D eigenvalue weighted by Gasteiger charge is 2.27. The molecule has 0 spiro atoms. The van der Waals surface area contributed by atoms with Gasteiger partial charge in [-0.3, -0.25) is 4.79 Å². The van der Waals surface area contributed by atoms with Crippen LogP contribution < -0.4 is 10.6 Å². The molecule has 2 N–H and O–H groups in total. The number of aromatic nitrogens is 2. The van der Waals surface area contributed by atoms with Gasteiger partial charge < -0.3 is 15.5 Å². The van der Waals surface area contributed by atoms with Crippen LogP contribution in [0.4, 0.5) is 16.3 Å². The Balaban J connectivity index is 2.22. The van der Waals surface area contributed by atoms with E-state index in [1.54, 1.807) is 18.2 Å². The van der Waals surface area contributed by atoms with Crippen LogP contribution in [0.3, 0.4) is 0 Å². The lowest BCUT2D eigenvalue weighted by atomic mass is 9.92. The van der Waals surface area contributed by atoms with Crippen LogP contribution >= 0.6 is 23.2 Å². The van der Waals surface area contributed by atoms with Gasteiger partial charge in [-0.1, -0.05) is 63.4 Å². The number of halogens is 2. The third-order valence-electron chi connectivity index (χ3n) is 4.98. The maximum absolute atomic E-state index is 13.0. The molecule has 1 heterocycles. The largest absolute Gasteiger partial charge is 0.322 e. The summed E-state index contributed by atoms with van der Waals surface area (Å²) in [7, 11) is 0. The molecule has 9 heteroatoms. The number of nitrogens with zero attached hydrogens (tertiary/aromatic N) is 3. The Hall–Kier alpha value is -2.25. The van der Waals surface area contributed by atoms with Crippen molar-refractivity contribution in [2.24, 2.45) is 0 Å². The van der Waals surface area contributed by atoms with E-state index in [2.05, 4.69) is 31.4 Å². The molecule has 0 atom stereocenters. The third-order valence-corrected chi connectivity index (χ3v) is 5.61. The summed E-state index contributed by atoms with van der Waals surface area (Å²) >= 11 is 12.4. The van der Waals surface area contributed by atoms with Gasteiger partial charge in [0.05, 0.1) is 27.0 Å². The summed E-state index contributed by atoms with van der Waals surface area (Å²) in [5, 5.41) is 11.1. The number of hydrogen-bond donors (Lipinski definition) is 2. The Morgan fingerprint density at radius 2 is 1.67 bits per heavy atom. The molecule has 0 aliphatic rings. The monoisotopic (exact) mass is 495 g/mol. The van der Waals surface area contributed by atoms with Crippen LogP contribution in [0.15, 0.2) is 24.3 Å². The summed E-state index contributed by atoms with van der Waals surface area (Å²) in [5.41, 5.74) is 0.707. The lowest BCUT2D eigenvalue weighted by Gasteiger charge is -2.25. The van der Waals surface area contributed by atoms with Crippen molar-refractivity contribution in [2.75, 3.05) is 23.7 Å². The molecule has 0 aliphatic carbocycles. The van der Waals surface area contributed by atoms with Gasteiger partial charge in [-0.05, 0) is 39.3 Å². The number of nitrogens with one attached hydrogen (secondary N) is 2. The van der Waals surface area contributed by atoms with E-state index >= 15 is 0 Å². The van der Waals surface area contributed by atoms with Crippen molar-refractivity contribution >= 4 is 46.6 Å². The molecule has 3 amide bonds. The van der Waals surface area contributed by atoms with Crippen LogP contribution in [0.2, 0.25) is 10.0 Å². The van der Waals surface area contributed by atoms with E-state index in [9.17, 15) is 9.59 Å². The highest BCUT2D eigenvalue weighted by Crippen LogP contribution is 2.30. The highest BCUT2D eigenvalue weighted by atomic mass is 35.5. The number of benzene rings is 1. The van der Waals surface area contributed by atoms with E-state index in [4.69, 9.17) is 28.3 Å². The Labute approximate surface area is 206 Å². The minimum atomic E-state index is -0.437. The molecule has 0 fully saturated rings. The quantitative estimate of drug-likeness (QED) is 0.458.